The molecule has 3 aromatic rings. The third-order valence-corrected chi connectivity index (χ3v) is 6.67. The Morgan fingerprint density at radius 1 is 1.09 bits per heavy atom. The highest BCUT2D eigenvalue weighted by atomic mass is 16.6. The molecule has 2 heterocycles. The van der Waals surface area contributed by atoms with Gasteiger partial charge in [0.2, 0.25) is 0 Å². The Balaban J connectivity index is 1.37. The fourth-order valence-electron chi connectivity index (χ4n) is 4.88. The Morgan fingerprint density at radius 3 is 2.62 bits per heavy atom. The molecule has 2 aliphatic heterocycles. The molecule has 6 nitrogen and oxygen atoms in total. The van der Waals surface area contributed by atoms with E-state index in [2.05, 4.69) is 0 Å². The molecule has 0 bridgehead atoms. The van der Waals surface area contributed by atoms with Crippen molar-refractivity contribution in [1.82, 2.24) is 4.90 Å². The summed E-state index contributed by atoms with van der Waals surface area (Å²) in [5.41, 5.74) is 2.61. The maximum Gasteiger partial charge on any atom is 0.338 e. The first kappa shape index (κ1) is 20.4. The third kappa shape index (κ3) is 3.36. The van der Waals surface area contributed by atoms with Gasteiger partial charge in [0.1, 0.15) is 17.1 Å². The average molecular weight is 431 g/mol. The second-order valence-electron chi connectivity index (χ2n) is 8.75. The topological polar surface area (TPSA) is 76.1 Å². The molecule has 5 rings (SSSR count). The van der Waals surface area contributed by atoms with Gasteiger partial charge < -0.3 is 19.5 Å². The number of nitrogens with zero attached hydrogens (tertiary/aromatic N) is 1. The van der Waals surface area contributed by atoms with Gasteiger partial charge in [-0.2, -0.15) is 0 Å². The fourth-order valence-corrected chi connectivity index (χ4v) is 4.88. The van der Waals surface area contributed by atoms with Crippen LogP contribution in [0, 0.1) is 6.92 Å². The van der Waals surface area contributed by atoms with Crippen molar-refractivity contribution in [2.24, 2.45) is 0 Å². The predicted molar refractivity (Wildman–Crippen MR) is 120 cm³/mol. The number of fused-ring (bicyclic) bond motifs is 2. The Hall–Kier alpha value is -3.54. The van der Waals surface area contributed by atoms with Crippen LogP contribution in [0.2, 0.25) is 0 Å². The van der Waals surface area contributed by atoms with E-state index in [1.54, 1.807) is 36.3 Å². The van der Waals surface area contributed by atoms with Crippen molar-refractivity contribution < 1.29 is 24.2 Å². The molecule has 3 aromatic carbocycles. The predicted octanol–water partition coefficient (Wildman–Crippen LogP) is 4.25. The van der Waals surface area contributed by atoms with E-state index in [4.69, 9.17) is 9.47 Å². The molecule has 1 fully saturated rings. The largest absolute Gasteiger partial charge is 0.507 e. The number of aromatic hydroxyl groups is 1. The summed E-state index contributed by atoms with van der Waals surface area (Å²) in [4.78, 5) is 27.7. The molecule has 1 spiro atoms. The van der Waals surface area contributed by atoms with Crippen molar-refractivity contribution in [2.45, 2.75) is 31.8 Å². The molecule has 0 saturated carbocycles. The highest BCUT2D eigenvalue weighted by Gasteiger charge is 2.43. The van der Waals surface area contributed by atoms with E-state index in [1.165, 1.54) is 0 Å². The van der Waals surface area contributed by atoms with Gasteiger partial charge in [-0.3, -0.25) is 4.79 Å². The number of piperidine rings is 1. The number of benzene rings is 3. The number of aryl methyl sites for hydroxylation is 1. The summed E-state index contributed by atoms with van der Waals surface area (Å²) in [5, 5.41) is 11.6. The monoisotopic (exact) mass is 431 g/mol. The van der Waals surface area contributed by atoms with Gasteiger partial charge >= 0.3 is 5.97 Å². The van der Waals surface area contributed by atoms with Crippen LogP contribution in [0.1, 0.15) is 44.7 Å². The quantitative estimate of drug-likeness (QED) is 0.614. The van der Waals surface area contributed by atoms with Crippen LogP contribution in [0.4, 0.5) is 0 Å². The van der Waals surface area contributed by atoms with Gasteiger partial charge in [-0.1, -0.05) is 29.8 Å². The van der Waals surface area contributed by atoms with E-state index >= 15 is 0 Å². The molecule has 164 valence electrons. The zero-order valence-electron chi connectivity index (χ0n) is 18.2. The number of ether oxygens (including phenoxy) is 2. The lowest BCUT2D eigenvalue weighted by molar-refractivity contribution is -0.0527. The lowest BCUT2D eigenvalue weighted by atomic mass is 9.81. The Morgan fingerprint density at radius 2 is 1.88 bits per heavy atom. The second kappa shape index (κ2) is 7.55. The van der Waals surface area contributed by atoms with Gasteiger partial charge in [0.15, 0.2) is 0 Å². The number of carbonyl (C=O) groups is 2. The fraction of sp³-hybridized carbons (Fsp3) is 0.308. The molecule has 0 unspecified atom stereocenters. The Labute approximate surface area is 186 Å². The third-order valence-electron chi connectivity index (χ3n) is 6.67. The molecule has 0 aliphatic carbocycles. The number of carbonyl (C=O) groups excluding carboxylic acids is 2. The number of hydrogen-bond donors (Lipinski definition) is 1. The number of methoxy groups -OCH3 is 1. The summed E-state index contributed by atoms with van der Waals surface area (Å²) in [7, 11) is 1.55. The van der Waals surface area contributed by atoms with Gasteiger partial charge in [0.05, 0.1) is 12.7 Å². The maximum absolute atomic E-state index is 13.3. The van der Waals surface area contributed by atoms with Crippen molar-refractivity contribution in [3.63, 3.8) is 0 Å². The van der Waals surface area contributed by atoms with E-state index in [0.29, 0.717) is 54.6 Å². The molecular formula is C26H25NO5. The van der Waals surface area contributed by atoms with Crippen LogP contribution in [0.25, 0.3) is 10.8 Å². The van der Waals surface area contributed by atoms with E-state index < -0.39 is 5.60 Å². The van der Waals surface area contributed by atoms with Gasteiger partial charge in [-0.15, -0.1) is 0 Å². The summed E-state index contributed by atoms with van der Waals surface area (Å²) in [5.74, 6) is 0.255. The Kier molecular flexibility index (Phi) is 4.81. The van der Waals surface area contributed by atoms with Gasteiger partial charge in [0.25, 0.3) is 5.91 Å². The number of phenolic OH excluding ortho intramolecular Hbond substituents is 1. The van der Waals surface area contributed by atoms with Crippen LogP contribution in [-0.4, -0.2) is 47.7 Å². The first-order chi connectivity index (χ1) is 15.4. The number of hydrogen-bond acceptors (Lipinski definition) is 5. The van der Waals surface area contributed by atoms with E-state index in [-0.39, 0.29) is 17.6 Å². The standard InChI is InChI=1S/C26H25NO5/c1-16-6-7-17-15-26(32-25(30)20(17)12-16)8-10-27(11-9-26)24(29)18-13-21-19(23(14-18)31-2)4-3-5-22(21)28/h3-7,12-14,28H,8-11,15H2,1-2H3. The van der Waals surface area contributed by atoms with Crippen molar-refractivity contribution in [1.29, 1.82) is 0 Å². The Bertz CT molecular complexity index is 1240. The minimum Gasteiger partial charge on any atom is -0.507 e. The van der Waals surface area contributed by atoms with Crippen LogP contribution in [0.3, 0.4) is 0 Å². The second-order valence-corrected chi connectivity index (χ2v) is 8.75. The van der Waals surface area contributed by atoms with Crippen LogP contribution in [-0.2, 0) is 11.2 Å². The first-order valence-electron chi connectivity index (χ1n) is 10.8. The van der Waals surface area contributed by atoms with Crippen LogP contribution >= 0.6 is 0 Å². The molecule has 0 aromatic heterocycles. The summed E-state index contributed by atoms with van der Waals surface area (Å²) >= 11 is 0. The number of rotatable bonds is 2. The lowest BCUT2D eigenvalue weighted by Crippen LogP contribution is -2.51. The molecule has 1 saturated heterocycles. The minimum absolute atomic E-state index is 0.107. The lowest BCUT2D eigenvalue weighted by Gasteiger charge is -2.43. The summed E-state index contributed by atoms with van der Waals surface area (Å²) in [6, 6.07) is 14.5. The van der Waals surface area contributed by atoms with Gasteiger partial charge in [0, 0.05) is 48.7 Å². The number of esters is 1. The zero-order chi connectivity index (χ0) is 22.5. The smallest absolute Gasteiger partial charge is 0.338 e. The molecule has 2 aliphatic rings. The van der Waals surface area contributed by atoms with Crippen LogP contribution in [0.5, 0.6) is 11.5 Å². The molecule has 0 radical (unpaired) electrons. The van der Waals surface area contributed by atoms with Crippen molar-refractivity contribution >= 4 is 22.6 Å². The van der Waals surface area contributed by atoms with Crippen molar-refractivity contribution in [3.05, 3.63) is 70.8 Å². The minimum atomic E-state index is -0.560. The highest BCUT2D eigenvalue weighted by Crippen LogP contribution is 2.38. The van der Waals surface area contributed by atoms with Crippen molar-refractivity contribution in [3.8, 4) is 11.5 Å². The maximum atomic E-state index is 13.3. The van der Waals surface area contributed by atoms with Crippen LogP contribution in [0.15, 0.2) is 48.5 Å². The summed E-state index contributed by atoms with van der Waals surface area (Å²) < 4.78 is 11.4. The normalized spacial score (nSPS) is 17.2. The highest BCUT2D eigenvalue weighted by molar-refractivity contribution is 6.02. The molecule has 0 atom stereocenters. The summed E-state index contributed by atoms with van der Waals surface area (Å²) in [6.07, 6.45) is 1.86. The number of likely N-dealkylation sites (tertiary alicyclic amines) is 1. The molecule has 1 N–H and O–H groups in total. The van der Waals surface area contributed by atoms with E-state index in [9.17, 15) is 14.7 Å². The van der Waals surface area contributed by atoms with Crippen LogP contribution < -0.4 is 4.74 Å². The molecule has 32 heavy (non-hydrogen) atoms. The number of amides is 1. The van der Waals surface area contributed by atoms with E-state index in [1.807, 2.05) is 31.2 Å². The van der Waals surface area contributed by atoms with E-state index in [0.717, 1.165) is 16.5 Å². The SMILES string of the molecule is COc1cc(C(=O)N2CCC3(CC2)Cc2ccc(C)cc2C(=O)O3)cc2c(O)cccc12. The zero-order valence-corrected chi connectivity index (χ0v) is 18.2. The van der Waals surface area contributed by atoms with Gasteiger partial charge in [-0.25, -0.2) is 4.79 Å². The molecular weight excluding hydrogens is 406 g/mol. The molecule has 1 amide bonds. The average Bonchev–Trinajstić information content (AvgIpc) is 2.79. The summed E-state index contributed by atoms with van der Waals surface area (Å²) in [6.45, 7) is 2.95. The number of phenols is 1. The van der Waals surface area contributed by atoms with Gasteiger partial charge in [-0.05, 0) is 36.8 Å². The molecule has 6 heteroatoms. The van der Waals surface area contributed by atoms with Crippen molar-refractivity contribution in [2.75, 3.05) is 20.2 Å². The first-order valence-corrected chi connectivity index (χ1v) is 10.8.